The number of Topliss-reactive ketones (excluding diaryl/α,β-unsaturated/α-hetero) is 1. The molecule has 130 valence electrons. The van der Waals surface area contributed by atoms with Crippen molar-refractivity contribution in [2.45, 2.75) is 44.8 Å². The van der Waals surface area contributed by atoms with E-state index in [4.69, 9.17) is 0 Å². The summed E-state index contributed by atoms with van der Waals surface area (Å²) in [5.41, 5.74) is 4.08. The molecule has 2 heterocycles. The summed E-state index contributed by atoms with van der Waals surface area (Å²) in [6.45, 7) is 6.35. The lowest BCUT2D eigenvalue weighted by Gasteiger charge is -2.38. The van der Waals surface area contributed by atoms with E-state index < -0.39 is 0 Å². The lowest BCUT2D eigenvalue weighted by atomic mass is 9.73. The maximum atomic E-state index is 13.0. The fourth-order valence-electron chi connectivity index (χ4n) is 3.73. The van der Waals surface area contributed by atoms with Crippen LogP contribution in [0.4, 0.5) is 5.95 Å². The third kappa shape index (κ3) is 2.78. The van der Waals surface area contributed by atoms with Crippen molar-refractivity contribution in [1.29, 1.82) is 0 Å². The van der Waals surface area contributed by atoms with Gasteiger partial charge in [0, 0.05) is 17.7 Å². The molecule has 0 radical (unpaired) electrons. The second-order valence-corrected chi connectivity index (χ2v) is 8.41. The molecule has 1 aliphatic heterocycles. The summed E-state index contributed by atoms with van der Waals surface area (Å²) in [6, 6.07) is 8.14. The number of hydrogen-bond donors (Lipinski definition) is 1. The van der Waals surface area contributed by atoms with E-state index in [1.165, 1.54) is 17.3 Å². The van der Waals surface area contributed by atoms with E-state index in [0.717, 1.165) is 29.2 Å². The number of hydrogen-bond acceptors (Lipinski definition) is 5. The van der Waals surface area contributed by atoms with Crippen LogP contribution in [0.2, 0.25) is 0 Å². The maximum Gasteiger partial charge on any atom is 0.227 e. The summed E-state index contributed by atoms with van der Waals surface area (Å²) in [5.74, 6) is 0.926. The largest absolute Gasteiger partial charge is 0.328 e. The standard InChI is InChI=1S/C19H22N4OS/c1-11-5-7-12(8-6-11)16-15-13(9-19(2,3)10-14(15)24)20-17-21-18(25-4)22-23(16)17/h5-8,16H,9-10H2,1-4H3,(H,20,21,22). The van der Waals surface area contributed by atoms with Gasteiger partial charge in [-0.05, 0) is 30.6 Å². The Bertz CT molecular complexity index is 879. The summed E-state index contributed by atoms with van der Waals surface area (Å²) in [5, 5.41) is 8.73. The van der Waals surface area contributed by atoms with Gasteiger partial charge >= 0.3 is 0 Å². The van der Waals surface area contributed by atoms with Crippen LogP contribution >= 0.6 is 11.8 Å². The van der Waals surface area contributed by atoms with E-state index in [1.54, 1.807) is 0 Å². The van der Waals surface area contributed by atoms with Crippen LogP contribution in [-0.2, 0) is 4.79 Å². The molecule has 4 rings (SSSR count). The van der Waals surface area contributed by atoms with Crippen molar-refractivity contribution < 1.29 is 4.79 Å². The monoisotopic (exact) mass is 354 g/mol. The first-order chi connectivity index (χ1) is 11.9. The molecular weight excluding hydrogens is 332 g/mol. The molecule has 5 nitrogen and oxygen atoms in total. The predicted octanol–water partition coefficient (Wildman–Crippen LogP) is 3.97. The fourth-order valence-corrected chi connectivity index (χ4v) is 4.08. The van der Waals surface area contributed by atoms with Crippen LogP contribution < -0.4 is 5.32 Å². The SMILES string of the molecule is CSc1nc2n(n1)C(c1ccc(C)cc1)C1=C(CC(C)(C)CC1=O)N2. The van der Waals surface area contributed by atoms with E-state index in [1.807, 2.05) is 10.9 Å². The molecule has 2 aromatic rings. The number of thioether (sulfide) groups is 1. The van der Waals surface area contributed by atoms with Crippen LogP contribution in [0.1, 0.15) is 43.9 Å². The Hall–Kier alpha value is -2.08. The highest BCUT2D eigenvalue weighted by Crippen LogP contribution is 2.45. The van der Waals surface area contributed by atoms with Crippen molar-refractivity contribution in [3.8, 4) is 0 Å². The van der Waals surface area contributed by atoms with Gasteiger partial charge in [0.25, 0.3) is 0 Å². The zero-order valence-corrected chi connectivity index (χ0v) is 15.8. The number of aromatic nitrogens is 3. The molecule has 1 atom stereocenters. The smallest absolute Gasteiger partial charge is 0.227 e. The molecule has 0 saturated carbocycles. The van der Waals surface area contributed by atoms with E-state index in [0.29, 0.717) is 11.6 Å². The number of ketones is 1. The van der Waals surface area contributed by atoms with Crippen LogP contribution in [0.15, 0.2) is 40.7 Å². The molecule has 0 fully saturated rings. The van der Waals surface area contributed by atoms with Gasteiger partial charge in [-0.25, -0.2) is 4.68 Å². The summed E-state index contributed by atoms with van der Waals surface area (Å²) in [4.78, 5) is 17.6. The average Bonchev–Trinajstić information content (AvgIpc) is 2.95. The number of rotatable bonds is 2. The zero-order valence-electron chi connectivity index (χ0n) is 15.0. The number of carbonyl (C=O) groups excluding carboxylic acids is 1. The van der Waals surface area contributed by atoms with E-state index in [9.17, 15) is 4.79 Å². The van der Waals surface area contributed by atoms with E-state index in [-0.39, 0.29) is 17.2 Å². The third-order valence-corrected chi connectivity index (χ3v) is 5.43. The van der Waals surface area contributed by atoms with Gasteiger partial charge in [-0.1, -0.05) is 55.4 Å². The van der Waals surface area contributed by atoms with Crippen molar-refractivity contribution >= 4 is 23.5 Å². The third-order valence-electron chi connectivity index (χ3n) is 4.89. The summed E-state index contributed by atoms with van der Waals surface area (Å²) in [6.07, 6.45) is 3.37. The highest BCUT2D eigenvalue weighted by atomic mass is 32.2. The van der Waals surface area contributed by atoms with Crippen LogP contribution in [0.3, 0.4) is 0 Å². The average molecular weight is 354 g/mol. The van der Waals surface area contributed by atoms with Gasteiger partial charge in [-0.2, -0.15) is 4.98 Å². The van der Waals surface area contributed by atoms with Crippen molar-refractivity contribution in [3.63, 3.8) is 0 Å². The molecule has 0 amide bonds. The lowest BCUT2D eigenvalue weighted by molar-refractivity contribution is -0.118. The fraction of sp³-hybridized carbons (Fsp3) is 0.421. The van der Waals surface area contributed by atoms with Gasteiger partial charge in [-0.3, -0.25) is 4.79 Å². The van der Waals surface area contributed by atoms with Crippen molar-refractivity contribution in [2.75, 3.05) is 11.6 Å². The Labute approximate surface area is 151 Å². The number of allylic oxidation sites excluding steroid dienone is 2. The van der Waals surface area contributed by atoms with Gasteiger partial charge in [0.1, 0.15) is 6.04 Å². The van der Waals surface area contributed by atoms with Crippen molar-refractivity contribution in [1.82, 2.24) is 14.8 Å². The van der Waals surface area contributed by atoms with Crippen molar-refractivity contribution in [2.24, 2.45) is 5.41 Å². The molecule has 1 unspecified atom stereocenters. The van der Waals surface area contributed by atoms with E-state index in [2.05, 4.69) is 60.4 Å². The Morgan fingerprint density at radius 1 is 1.24 bits per heavy atom. The summed E-state index contributed by atoms with van der Waals surface area (Å²) in [7, 11) is 0. The summed E-state index contributed by atoms with van der Waals surface area (Å²) < 4.78 is 1.87. The Kier molecular flexibility index (Phi) is 3.76. The number of aryl methyl sites for hydroxylation is 1. The highest BCUT2D eigenvalue weighted by Gasteiger charge is 2.41. The second-order valence-electron chi connectivity index (χ2n) is 7.64. The van der Waals surface area contributed by atoms with Crippen LogP contribution in [0.5, 0.6) is 0 Å². The molecule has 2 aliphatic rings. The topological polar surface area (TPSA) is 59.8 Å². The van der Waals surface area contributed by atoms with Gasteiger partial charge in [0.2, 0.25) is 11.1 Å². The summed E-state index contributed by atoms with van der Waals surface area (Å²) >= 11 is 1.51. The first kappa shape index (κ1) is 16.4. The minimum Gasteiger partial charge on any atom is -0.328 e. The quantitative estimate of drug-likeness (QED) is 0.827. The van der Waals surface area contributed by atoms with Gasteiger partial charge < -0.3 is 5.32 Å². The highest BCUT2D eigenvalue weighted by molar-refractivity contribution is 7.98. The van der Waals surface area contributed by atoms with Crippen LogP contribution in [0.25, 0.3) is 0 Å². The number of nitrogens with zero attached hydrogens (tertiary/aromatic N) is 3. The number of fused-ring (bicyclic) bond motifs is 1. The lowest BCUT2D eigenvalue weighted by Crippen LogP contribution is -2.36. The minimum absolute atomic E-state index is 0.0364. The molecular formula is C19H22N4OS. The molecule has 0 spiro atoms. The number of anilines is 1. The number of nitrogens with one attached hydrogen (secondary N) is 1. The zero-order chi connectivity index (χ0) is 17.8. The first-order valence-electron chi connectivity index (χ1n) is 8.48. The number of benzene rings is 1. The Morgan fingerprint density at radius 3 is 2.64 bits per heavy atom. The van der Waals surface area contributed by atoms with Gasteiger partial charge in [0.05, 0.1) is 0 Å². The second kappa shape index (κ2) is 5.73. The van der Waals surface area contributed by atoms with Crippen molar-refractivity contribution in [3.05, 3.63) is 46.7 Å². The normalized spacial score (nSPS) is 21.6. The molecule has 0 saturated heterocycles. The maximum absolute atomic E-state index is 13.0. The van der Waals surface area contributed by atoms with Gasteiger partial charge in [-0.15, -0.1) is 5.10 Å². The predicted molar refractivity (Wildman–Crippen MR) is 99.8 cm³/mol. The molecule has 0 bridgehead atoms. The molecule has 1 N–H and O–H groups in total. The Balaban J connectivity index is 1.90. The van der Waals surface area contributed by atoms with Crippen LogP contribution in [0, 0.1) is 12.3 Å². The molecule has 6 heteroatoms. The molecule has 1 aliphatic carbocycles. The van der Waals surface area contributed by atoms with Crippen LogP contribution in [-0.4, -0.2) is 26.8 Å². The number of carbonyl (C=O) groups is 1. The Morgan fingerprint density at radius 2 is 1.96 bits per heavy atom. The molecule has 25 heavy (non-hydrogen) atoms. The molecule has 1 aromatic carbocycles. The first-order valence-corrected chi connectivity index (χ1v) is 9.71. The minimum atomic E-state index is -0.205. The molecule has 1 aromatic heterocycles. The van der Waals surface area contributed by atoms with E-state index >= 15 is 0 Å². The van der Waals surface area contributed by atoms with Gasteiger partial charge in [0.15, 0.2) is 5.78 Å².